The Labute approximate surface area is 515 Å². The van der Waals surface area contributed by atoms with E-state index in [1.54, 1.807) is 0 Å². The van der Waals surface area contributed by atoms with E-state index in [9.17, 15) is 0 Å². The van der Waals surface area contributed by atoms with Crippen molar-refractivity contribution in [1.29, 1.82) is 0 Å². The van der Waals surface area contributed by atoms with Crippen molar-refractivity contribution in [2.24, 2.45) is 0 Å². The number of nitrogens with zero attached hydrogens (tertiary/aromatic N) is 8. The van der Waals surface area contributed by atoms with Crippen LogP contribution in [0.15, 0.2) is 0 Å². The predicted molar refractivity (Wildman–Crippen MR) is 312 cm³/mol. The minimum Gasteiger partial charge on any atom is -0.411 e. The number of thiocarbonyl (C=S) groups is 8. The van der Waals surface area contributed by atoms with Crippen LogP contribution in [0.2, 0.25) is 0 Å². The van der Waals surface area contributed by atoms with Gasteiger partial charge in [-0.05, 0) is 25.7 Å². The van der Waals surface area contributed by atoms with Crippen LogP contribution in [0, 0.1) is 0 Å². The molecule has 8 nitrogen and oxygen atoms in total. The van der Waals surface area contributed by atoms with Crippen LogP contribution in [0.25, 0.3) is 0 Å². The number of unbranched alkanes of at least 4 members (excludes halogenated alkanes) is 4. The van der Waals surface area contributed by atoms with Crippen molar-refractivity contribution in [3.05, 3.63) is 0 Å². The van der Waals surface area contributed by atoms with Crippen LogP contribution in [0.1, 0.15) is 79.1 Å². The summed E-state index contributed by atoms with van der Waals surface area (Å²) >= 11 is 78.5. The zero-order valence-electron chi connectivity index (χ0n) is 36.3. The minimum absolute atomic E-state index is 0. The second-order valence-electron chi connectivity index (χ2n) is 13.4. The number of hydrogen-bond donors (Lipinski definition) is 0. The van der Waals surface area contributed by atoms with Gasteiger partial charge in [-0.25, -0.2) is 0 Å². The van der Waals surface area contributed by atoms with Gasteiger partial charge in [0.2, 0.25) is 0 Å². The van der Waals surface area contributed by atoms with Crippen molar-refractivity contribution in [1.82, 2.24) is 39.2 Å². The zero-order chi connectivity index (χ0) is 46.2. The van der Waals surface area contributed by atoms with Crippen LogP contribution in [-0.4, -0.2) is 178 Å². The van der Waals surface area contributed by atoms with Crippen molar-refractivity contribution in [3.8, 4) is 0 Å². The molecule has 0 aromatic rings. The van der Waals surface area contributed by atoms with Crippen molar-refractivity contribution in [2.75, 3.05) is 105 Å². The molecule has 0 bridgehead atoms. The molecule has 0 N–H and O–H groups in total. The Morgan fingerprint density at radius 3 is 0.516 bits per heavy atom. The van der Waals surface area contributed by atoms with Crippen LogP contribution >= 0.6 is 97.7 Å². The third-order valence-corrected chi connectivity index (χ3v) is 13.2. The molecule has 0 saturated carbocycles. The third kappa shape index (κ3) is 40.4. The van der Waals surface area contributed by atoms with E-state index in [1.165, 1.54) is 51.4 Å². The Morgan fingerprint density at radius 2 is 0.438 bits per heavy atom. The van der Waals surface area contributed by atoms with Gasteiger partial charge in [-0.2, -0.15) is 0 Å². The number of piperazine rings is 3. The third-order valence-electron chi connectivity index (χ3n) is 9.03. The van der Waals surface area contributed by atoms with E-state index in [1.807, 2.05) is 29.4 Å². The van der Waals surface area contributed by atoms with Crippen LogP contribution < -0.4 is 0 Å². The molecular weight excluding hydrogens is 1290 g/mol. The fourth-order valence-electron chi connectivity index (χ4n) is 5.20. The zero-order valence-corrected chi connectivity index (χ0v) is 53.4. The summed E-state index contributed by atoms with van der Waals surface area (Å²) in [4.78, 5) is 16.2. The Bertz CT molecular complexity index is 1090. The van der Waals surface area contributed by atoms with E-state index < -0.39 is 0 Å². The van der Waals surface area contributed by atoms with Crippen molar-refractivity contribution in [2.45, 2.75) is 79.1 Å². The first-order valence-corrected chi connectivity index (χ1v) is 26.5. The van der Waals surface area contributed by atoms with Crippen LogP contribution in [-0.2, 0) is 167 Å². The van der Waals surface area contributed by atoms with Crippen LogP contribution in [0.4, 0.5) is 0 Å². The molecule has 380 valence electrons. The molecule has 0 spiro atoms. The molecule has 0 aliphatic carbocycles. The molecule has 64 heavy (non-hydrogen) atoms. The first-order valence-electron chi connectivity index (χ1n) is 19.9. The smallest absolute Gasteiger partial charge is 0.411 e. The largest absolute Gasteiger partial charge is 2.00 e. The van der Waals surface area contributed by atoms with Crippen molar-refractivity contribution < 1.29 is 66.0 Å². The standard InChI is InChI=1S/2C9H19NS2.3C6H10N2S4.4Ni/c2*1-3-5-7-10(9(11)12)8-6-4-2;3*9-5(10)7-1-2-8(4-3-7)6(11)12;;;;/h2*3-8H2,1-2H3,(H,11,12);3*1-4H2,(H,9,10)(H,11,12);;;;/q;;;;;4*+2/p-8. The molecule has 0 atom stereocenters. The van der Waals surface area contributed by atoms with Gasteiger partial charge in [-0.15, -0.1) is 0 Å². The monoisotopic (exact) mass is 1350 g/mol. The average Bonchev–Trinajstić information content (AvgIpc) is 3.21. The fourth-order valence-corrected chi connectivity index (χ4v) is 8.12. The second-order valence-corrected chi connectivity index (χ2v) is 21.7. The van der Waals surface area contributed by atoms with Crippen molar-refractivity contribution >= 4 is 233 Å². The first-order chi connectivity index (χ1) is 28.3. The summed E-state index contributed by atoms with van der Waals surface area (Å²) in [6.45, 7) is 23.1. The molecular formula is C36H60N8Ni4S16. The molecule has 3 fully saturated rings. The first kappa shape index (κ1) is 78.3. The van der Waals surface area contributed by atoms with Crippen molar-refractivity contribution in [3.63, 3.8) is 0 Å². The molecule has 3 rings (SSSR count). The summed E-state index contributed by atoms with van der Waals surface area (Å²) in [7, 11) is 0. The Balaban J connectivity index is -0.000000162. The topological polar surface area (TPSA) is 25.9 Å². The average molecular weight is 1350 g/mol. The number of hydrogen-bond acceptors (Lipinski definition) is 16. The normalized spacial score (nSPS) is 13.6. The number of rotatable bonds is 12. The van der Waals surface area contributed by atoms with Gasteiger partial charge in [0.25, 0.3) is 0 Å². The van der Waals surface area contributed by atoms with Gasteiger partial charge in [-0.3, -0.25) is 0 Å². The maximum Gasteiger partial charge on any atom is 2.00 e. The summed E-state index contributed by atoms with van der Waals surface area (Å²) in [5.41, 5.74) is 0. The van der Waals surface area contributed by atoms with Crippen LogP contribution in [0.3, 0.4) is 0 Å². The molecule has 0 aromatic carbocycles. The SMILES string of the molecule is CCCCN(CCCC)C(=S)[S-].CCCCN(CCCC)C(=S)[S-].S=C([S-])N1CCN(C(=S)[S-])CC1.S=C([S-])N1CCN(C(=S)[S-])CC1.S=C([S-])N1CCN(C(=S)[S-])CC1.[Ni+2].[Ni+2].[Ni+2].[Ni+2]. The predicted octanol–water partition coefficient (Wildman–Crippen LogP) is 6.23. The summed E-state index contributed by atoms with van der Waals surface area (Å²) < 4.78 is 4.55. The van der Waals surface area contributed by atoms with Gasteiger partial charge in [0.1, 0.15) is 0 Å². The van der Waals surface area contributed by atoms with Gasteiger partial charge in [0, 0.05) is 105 Å². The Kier molecular flexibility index (Phi) is 60.5. The van der Waals surface area contributed by atoms with E-state index in [2.05, 4.69) is 37.5 Å². The second kappa shape index (κ2) is 49.4. The Morgan fingerprint density at radius 1 is 0.312 bits per heavy atom. The molecule has 0 radical (unpaired) electrons. The van der Waals surface area contributed by atoms with E-state index >= 15 is 0 Å². The summed E-state index contributed by atoms with van der Waals surface area (Å²) in [6, 6.07) is 0. The van der Waals surface area contributed by atoms with E-state index in [0.29, 0.717) is 34.6 Å². The maximum atomic E-state index is 4.98. The minimum atomic E-state index is 0. The molecule has 3 saturated heterocycles. The van der Waals surface area contributed by atoms with Gasteiger partial charge in [0.05, 0.1) is 0 Å². The fraction of sp³-hybridized carbons (Fsp3) is 0.778. The Hall–Kier alpha value is 2.85. The molecule has 0 aromatic heterocycles. The molecule has 0 amide bonds. The molecule has 3 heterocycles. The summed E-state index contributed by atoms with van der Waals surface area (Å²) in [6.07, 6.45) is 9.62. The summed E-state index contributed by atoms with van der Waals surface area (Å²) in [5.74, 6) is 0. The van der Waals surface area contributed by atoms with Gasteiger partial charge in [0.15, 0.2) is 0 Å². The molecule has 3 aliphatic heterocycles. The van der Waals surface area contributed by atoms with Gasteiger partial charge < -0.3 is 238 Å². The summed E-state index contributed by atoms with van der Waals surface area (Å²) in [5, 5.41) is 0. The van der Waals surface area contributed by atoms with E-state index in [-0.39, 0.29) is 66.0 Å². The quantitative estimate of drug-likeness (QED) is 0.125. The maximum absolute atomic E-state index is 4.98. The molecule has 0 unspecified atom stereocenters. The van der Waals surface area contributed by atoms with Gasteiger partial charge in [-0.1, -0.05) is 87.9 Å². The molecule has 3 aliphatic rings. The van der Waals surface area contributed by atoms with E-state index in [4.69, 9.17) is 199 Å². The van der Waals surface area contributed by atoms with Gasteiger partial charge >= 0.3 is 66.0 Å². The molecule has 28 heteroatoms. The van der Waals surface area contributed by atoms with E-state index in [0.717, 1.165) is 105 Å². The van der Waals surface area contributed by atoms with Crippen LogP contribution in [0.5, 0.6) is 0 Å².